The van der Waals surface area contributed by atoms with Gasteiger partial charge in [-0.25, -0.2) is 4.57 Å². The van der Waals surface area contributed by atoms with E-state index in [1.165, 1.54) is 308 Å². The Hall–Kier alpha value is -1.54. The Labute approximate surface area is 524 Å². The van der Waals surface area contributed by atoms with Crippen molar-refractivity contribution in [1.82, 2.24) is 5.32 Å². The van der Waals surface area contributed by atoms with Crippen LogP contribution in [0.15, 0.2) is 48.6 Å². The van der Waals surface area contributed by atoms with Crippen molar-refractivity contribution in [1.29, 1.82) is 0 Å². The summed E-state index contributed by atoms with van der Waals surface area (Å²) in [4.78, 5) is 23.4. The van der Waals surface area contributed by atoms with Crippen LogP contribution in [-0.4, -0.2) is 73.4 Å². The van der Waals surface area contributed by atoms with Crippen LogP contribution < -0.4 is 5.32 Å². The molecule has 0 aliphatic heterocycles. The second-order valence-corrected chi connectivity index (χ2v) is 28.1. The number of unbranched alkanes of at least 4 members (excludes halogenated alkanes) is 50. The normalized spacial score (nSPS) is 13.8. The third-order valence-corrected chi connectivity index (χ3v) is 18.0. The number of allylic oxidation sites excluding steroid dienone is 7. The Kier molecular flexibility index (Phi) is 64.7. The molecule has 0 aliphatic carbocycles. The van der Waals surface area contributed by atoms with E-state index in [0.717, 1.165) is 44.9 Å². The standard InChI is InChI=1S/C75H145N2O6P/c1-6-8-10-12-14-16-18-20-22-24-26-28-30-32-34-36-37-38-39-41-43-45-47-49-51-53-55-57-59-61-63-65-67-69-75(79)76-73(72-83-84(80,81)82-71-70-77(3,4)5)74(78)68-66-64-62-60-58-56-54-52-50-48-46-44-42-40-35-33-31-29-27-25-23-21-19-17-15-13-11-9-7-2/h24,26,50,52,58,60,66,68,73-74,78H,6-23,25,27-49,51,53-57,59,61-65,67,69-72H2,1-5H3,(H-,76,79,80,81)/p+1/b26-24-,52-50+,60-58+,68-66+. The van der Waals surface area contributed by atoms with Gasteiger partial charge in [-0.2, -0.15) is 0 Å². The molecule has 0 aromatic rings. The minimum Gasteiger partial charge on any atom is -0.387 e. The predicted molar refractivity (Wildman–Crippen MR) is 369 cm³/mol. The van der Waals surface area contributed by atoms with Gasteiger partial charge < -0.3 is 19.8 Å². The zero-order valence-electron chi connectivity index (χ0n) is 56.9. The number of phosphoric ester groups is 1. The summed E-state index contributed by atoms with van der Waals surface area (Å²) in [6.45, 7) is 4.84. The molecule has 3 N–H and O–H groups in total. The molecule has 0 aromatic heterocycles. The van der Waals surface area contributed by atoms with Crippen LogP contribution in [0.25, 0.3) is 0 Å². The summed E-state index contributed by atoms with van der Waals surface area (Å²) in [6.07, 6.45) is 90.0. The molecular weight excluding hydrogens is 1060 g/mol. The maximum Gasteiger partial charge on any atom is 0.472 e. The van der Waals surface area contributed by atoms with Gasteiger partial charge >= 0.3 is 7.82 Å². The summed E-state index contributed by atoms with van der Waals surface area (Å²) in [5.74, 6) is -0.184. The zero-order valence-corrected chi connectivity index (χ0v) is 57.8. The average Bonchev–Trinajstić information content (AvgIpc) is 3.56. The summed E-state index contributed by atoms with van der Waals surface area (Å²) >= 11 is 0. The summed E-state index contributed by atoms with van der Waals surface area (Å²) in [6, 6.07) is -0.871. The van der Waals surface area contributed by atoms with Gasteiger partial charge in [0.2, 0.25) is 5.91 Å². The van der Waals surface area contributed by atoms with Gasteiger partial charge in [-0.3, -0.25) is 13.8 Å². The van der Waals surface area contributed by atoms with E-state index < -0.39 is 20.0 Å². The lowest BCUT2D eigenvalue weighted by molar-refractivity contribution is -0.870. The smallest absolute Gasteiger partial charge is 0.387 e. The molecule has 9 heteroatoms. The average molecular weight is 1200 g/mol. The minimum atomic E-state index is -4.37. The van der Waals surface area contributed by atoms with Crippen molar-refractivity contribution in [3.8, 4) is 0 Å². The number of likely N-dealkylation sites (N-methyl/N-ethyl adjacent to an activating group) is 1. The van der Waals surface area contributed by atoms with Crippen molar-refractivity contribution in [3.05, 3.63) is 48.6 Å². The lowest BCUT2D eigenvalue weighted by Gasteiger charge is -2.25. The Morgan fingerprint density at radius 2 is 0.655 bits per heavy atom. The van der Waals surface area contributed by atoms with E-state index in [0.29, 0.717) is 17.4 Å². The quantitative estimate of drug-likeness (QED) is 0.0243. The monoisotopic (exact) mass is 1200 g/mol. The molecule has 0 heterocycles. The van der Waals surface area contributed by atoms with Crippen LogP contribution in [0, 0.1) is 0 Å². The number of quaternary nitrogens is 1. The van der Waals surface area contributed by atoms with Gasteiger partial charge in [0.15, 0.2) is 0 Å². The number of nitrogens with zero attached hydrogens (tertiary/aromatic N) is 1. The zero-order chi connectivity index (χ0) is 61.2. The number of nitrogens with one attached hydrogen (secondary N) is 1. The molecule has 0 aromatic carbocycles. The van der Waals surface area contributed by atoms with E-state index in [2.05, 4.69) is 55.6 Å². The molecule has 3 atom stereocenters. The first-order chi connectivity index (χ1) is 41.0. The highest BCUT2D eigenvalue weighted by molar-refractivity contribution is 7.47. The van der Waals surface area contributed by atoms with E-state index in [9.17, 15) is 19.4 Å². The molecule has 0 saturated carbocycles. The van der Waals surface area contributed by atoms with Crippen LogP contribution in [0.5, 0.6) is 0 Å². The second kappa shape index (κ2) is 65.9. The van der Waals surface area contributed by atoms with Gasteiger partial charge in [0.05, 0.1) is 39.9 Å². The van der Waals surface area contributed by atoms with E-state index >= 15 is 0 Å². The topological polar surface area (TPSA) is 105 Å². The van der Waals surface area contributed by atoms with Gasteiger partial charge in [0.25, 0.3) is 0 Å². The van der Waals surface area contributed by atoms with Gasteiger partial charge in [0.1, 0.15) is 13.2 Å². The molecule has 0 rings (SSSR count). The van der Waals surface area contributed by atoms with Crippen molar-refractivity contribution in [2.45, 2.75) is 386 Å². The molecular formula is C75H146N2O6P+. The highest BCUT2D eigenvalue weighted by atomic mass is 31.2. The molecule has 0 fully saturated rings. The summed E-state index contributed by atoms with van der Waals surface area (Å²) in [5, 5.41) is 14.0. The molecule has 84 heavy (non-hydrogen) atoms. The van der Waals surface area contributed by atoms with E-state index in [1.807, 2.05) is 27.2 Å². The molecule has 0 bridgehead atoms. The number of carbonyl (C=O) groups is 1. The third kappa shape index (κ3) is 68.0. The number of phosphoric acid groups is 1. The number of aliphatic hydroxyl groups is 1. The molecule has 1 amide bonds. The third-order valence-electron chi connectivity index (χ3n) is 17.0. The van der Waals surface area contributed by atoms with Crippen LogP contribution in [0.3, 0.4) is 0 Å². The number of aliphatic hydroxyl groups excluding tert-OH is 1. The molecule has 0 aliphatic rings. The first-order valence-corrected chi connectivity index (χ1v) is 38.5. The van der Waals surface area contributed by atoms with Crippen LogP contribution in [0.1, 0.15) is 373 Å². The van der Waals surface area contributed by atoms with Crippen molar-refractivity contribution < 1.29 is 32.9 Å². The Balaban J connectivity index is 4.06. The number of amides is 1. The highest BCUT2D eigenvalue weighted by Gasteiger charge is 2.28. The molecule has 0 spiro atoms. The van der Waals surface area contributed by atoms with Crippen LogP contribution in [0.4, 0.5) is 0 Å². The summed E-state index contributed by atoms with van der Waals surface area (Å²) < 4.78 is 23.8. The van der Waals surface area contributed by atoms with Crippen molar-refractivity contribution in [3.63, 3.8) is 0 Å². The molecule has 496 valence electrons. The minimum absolute atomic E-state index is 0.0546. The number of hydrogen-bond donors (Lipinski definition) is 3. The van der Waals surface area contributed by atoms with E-state index in [1.54, 1.807) is 6.08 Å². The van der Waals surface area contributed by atoms with Gasteiger partial charge in [-0.1, -0.05) is 345 Å². The Morgan fingerprint density at radius 3 is 0.952 bits per heavy atom. The first-order valence-electron chi connectivity index (χ1n) is 37.0. The van der Waals surface area contributed by atoms with E-state index in [4.69, 9.17) is 9.05 Å². The van der Waals surface area contributed by atoms with Gasteiger partial charge in [0, 0.05) is 6.42 Å². The van der Waals surface area contributed by atoms with Crippen LogP contribution >= 0.6 is 7.82 Å². The fourth-order valence-corrected chi connectivity index (χ4v) is 12.0. The SMILES string of the molecule is CCCCCCCCCC/C=C\CCCCCCCCCCCCCCCCCCCCCCCC(=O)NC(COP(=O)(O)OCC[N+](C)(C)C)C(O)/C=C/CC/C=C/CC/C=C/CCCCCCCCCCCCCCCCCCCCC. The van der Waals surface area contributed by atoms with E-state index in [-0.39, 0.29) is 19.1 Å². The largest absolute Gasteiger partial charge is 0.472 e. The Bertz CT molecular complexity index is 1510. The maximum absolute atomic E-state index is 13.1. The molecule has 0 saturated heterocycles. The van der Waals surface area contributed by atoms with Crippen molar-refractivity contribution in [2.75, 3.05) is 40.9 Å². The maximum atomic E-state index is 13.1. The van der Waals surface area contributed by atoms with Crippen LogP contribution in [0.2, 0.25) is 0 Å². The molecule has 8 nitrogen and oxygen atoms in total. The lowest BCUT2D eigenvalue weighted by atomic mass is 10.0. The fraction of sp³-hybridized carbons (Fsp3) is 0.880. The summed E-state index contributed by atoms with van der Waals surface area (Å²) in [7, 11) is 1.56. The summed E-state index contributed by atoms with van der Waals surface area (Å²) in [5.41, 5.74) is 0. The van der Waals surface area contributed by atoms with Crippen molar-refractivity contribution >= 4 is 13.7 Å². The van der Waals surface area contributed by atoms with Crippen molar-refractivity contribution in [2.24, 2.45) is 0 Å². The number of carbonyl (C=O) groups excluding carboxylic acids is 1. The van der Waals surface area contributed by atoms with Crippen LogP contribution in [-0.2, 0) is 18.4 Å². The predicted octanol–water partition coefficient (Wildman–Crippen LogP) is 23.8. The van der Waals surface area contributed by atoms with Gasteiger partial charge in [-0.05, 0) is 70.6 Å². The lowest BCUT2D eigenvalue weighted by Crippen LogP contribution is -2.45. The second-order valence-electron chi connectivity index (χ2n) is 26.7. The molecule has 0 radical (unpaired) electrons. The number of hydrogen-bond acceptors (Lipinski definition) is 5. The highest BCUT2D eigenvalue weighted by Crippen LogP contribution is 2.43. The fourth-order valence-electron chi connectivity index (χ4n) is 11.3. The first kappa shape index (κ1) is 82.5. The molecule has 3 unspecified atom stereocenters. The Morgan fingerprint density at radius 1 is 0.393 bits per heavy atom. The van der Waals surface area contributed by atoms with Gasteiger partial charge in [-0.15, -0.1) is 0 Å². The number of rotatable bonds is 69.